The van der Waals surface area contributed by atoms with Gasteiger partial charge in [0.1, 0.15) is 0 Å². The maximum absolute atomic E-state index is 11.5. The van der Waals surface area contributed by atoms with Gasteiger partial charge in [-0.25, -0.2) is 0 Å². The van der Waals surface area contributed by atoms with Crippen molar-refractivity contribution in [3.63, 3.8) is 0 Å². The van der Waals surface area contributed by atoms with E-state index in [2.05, 4.69) is 12.2 Å². The fraction of sp³-hybridized carbons (Fsp3) is 0.615. The molecule has 0 spiro atoms. The molecule has 17 heavy (non-hydrogen) atoms. The largest absolute Gasteiger partial charge is 0.375 e. The number of nitrogens with one attached hydrogen (secondary N) is 1. The molecular weight excluding hydrogens is 216 g/mol. The minimum absolute atomic E-state index is 0.0333. The van der Waals surface area contributed by atoms with Crippen LogP contribution in [0.3, 0.4) is 0 Å². The number of nitrogens with zero attached hydrogens (tertiary/aromatic N) is 1. The monoisotopic (exact) mass is 236 g/mol. The van der Waals surface area contributed by atoms with Crippen molar-refractivity contribution in [2.24, 2.45) is 5.92 Å². The van der Waals surface area contributed by atoms with Gasteiger partial charge in [-0.15, -0.1) is 0 Å². The molecule has 4 nitrogen and oxygen atoms in total. The van der Waals surface area contributed by atoms with E-state index in [9.17, 15) is 4.79 Å². The first-order chi connectivity index (χ1) is 8.27. The Morgan fingerprint density at radius 1 is 1.53 bits per heavy atom. The Morgan fingerprint density at radius 2 is 2.41 bits per heavy atom. The maximum atomic E-state index is 11.5. The minimum Gasteiger partial charge on any atom is -0.375 e. The summed E-state index contributed by atoms with van der Waals surface area (Å²) in [5.41, 5.74) is 0.0333. The minimum atomic E-state index is 0.0333. The molecular formula is C13H20N2O2. The van der Waals surface area contributed by atoms with E-state index in [1.54, 1.807) is 22.9 Å². The lowest BCUT2D eigenvalue weighted by Crippen LogP contribution is -2.41. The van der Waals surface area contributed by atoms with Crippen LogP contribution in [0.25, 0.3) is 0 Å². The lowest BCUT2D eigenvalue weighted by atomic mass is 9.97. The van der Waals surface area contributed by atoms with E-state index >= 15 is 0 Å². The molecule has 1 N–H and O–H groups in total. The van der Waals surface area contributed by atoms with Crippen molar-refractivity contribution in [1.82, 2.24) is 9.88 Å². The zero-order valence-corrected chi connectivity index (χ0v) is 10.3. The lowest BCUT2D eigenvalue weighted by Gasteiger charge is -2.29. The SMILES string of the molecule is CC1CCNCC1OCCn1ccccc1=O. The van der Waals surface area contributed by atoms with Gasteiger partial charge in [0.2, 0.25) is 0 Å². The lowest BCUT2D eigenvalue weighted by molar-refractivity contribution is 0.000194. The van der Waals surface area contributed by atoms with E-state index in [0.29, 0.717) is 19.1 Å². The van der Waals surface area contributed by atoms with Gasteiger partial charge in [0.25, 0.3) is 5.56 Å². The highest BCUT2D eigenvalue weighted by molar-refractivity contribution is 4.93. The van der Waals surface area contributed by atoms with Gasteiger partial charge in [0, 0.05) is 25.4 Å². The Bertz CT molecular complexity index is 402. The van der Waals surface area contributed by atoms with Crippen molar-refractivity contribution in [2.45, 2.75) is 26.0 Å². The standard InChI is InChI=1S/C13H20N2O2/c1-11-5-6-14-10-12(11)17-9-8-15-7-3-2-4-13(15)16/h2-4,7,11-12,14H,5-6,8-10H2,1H3. The molecule has 1 aromatic rings. The van der Waals surface area contributed by atoms with Crippen molar-refractivity contribution in [2.75, 3.05) is 19.7 Å². The van der Waals surface area contributed by atoms with Crippen molar-refractivity contribution in [3.8, 4) is 0 Å². The second-order valence-corrected chi connectivity index (χ2v) is 4.61. The number of ether oxygens (including phenoxy) is 1. The second-order valence-electron chi connectivity index (χ2n) is 4.61. The molecule has 2 unspecified atom stereocenters. The van der Waals surface area contributed by atoms with Crippen molar-refractivity contribution >= 4 is 0 Å². The van der Waals surface area contributed by atoms with Crippen molar-refractivity contribution in [1.29, 1.82) is 0 Å². The average molecular weight is 236 g/mol. The Kier molecular flexibility index (Phi) is 4.34. The molecule has 0 saturated carbocycles. The molecule has 1 fully saturated rings. The molecule has 0 aromatic carbocycles. The topological polar surface area (TPSA) is 43.3 Å². The first kappa shape index (κ1) is 12.3. The molecule has 4 heteroatoms. The highest BCUT2D eigenvalue weighted by atomic mass is 16.5. The van der Waals surface area contributed by atoms with Gasteiger partial charge in [0.05, 0.1) is 12.7 Å². The molecule has 1 aliphatic heterocycles. The predicted octanol–water partition coefficient (Wildman–Crippen LogP) is 0.863. The molecule has 2 rings (SSSR count). The first-order valence-corrected chi connectivity index (χ1v) is 6.25. The summed E-state index contributed by atoms with van der Waals surface area (Å²) in [6.07, 6.45) is 3.24. The van der Waals surface area contributed by atoms with Gasteiger partial charge in [-0.3, -0.25) is 4.79 Å². The van der Waals surface area contributed by atoms with Gasteiger partial charge >= 0.3 is 0 Å². The number of hydrogen-bond donors (Lipinski definition) is 1. The highest BCUT2D eigenvalue weighted by Crippen LogP contribution is 2.14. The number of piperidine rings is 1. The van der Waals surface area contributed by atoms with Crippen LogP contribution in [0.15, 0.2) is 29.2 Å². The Labute approximate surface area is 102 Å². The fourth-order valence-electron chi connectivity index (χ4n) is 2.13. The van der Waals surface area contributed by atoms with Crippen LogP contribution in [0.2, 0.25) is 0 Å². The third-order valence-electron chi connectivity index (χ3n) is 3.32. The quantitative estimate of drug-likeness (QED) is 0.843. The van der Waals surface area contributed by atoms with Crippen molar-refractivity contribution < 1.29 is 4.74 Å². The average Bonchev–Trinajstić information content (AvgIpc) is 2.34. The van der Waals surface area contributed by atoms with Crippen LogP contribution in [0, 0.1) is 5.92 Å². The molecule has 1 saturated heterocycles. The summed E-state index contributed by atoms with van der Waals surface area (Å²) in [6.45, 7) is 5.45. The summed E-state index contributed by atoms with van der Waals surface area (Å²) >= 11 is 0. The molecule has 0 aliphatic carbocycles. The van der Waals surface area contributed by atoms with Crippen molar-refractivity contribution in [3.05, 3.63) is 34.7 Å². The van der Waals surface area contributed by atoms with Gasteiger partial charge < -0.3 is 14.6 Å². The summed E-state index contributed by atoms with van der Waals surface area (Å²) in [7, 11) is 0. The van der Waals surface area contributed by atoms with E-state index in [1.807, 2.05) is 6.07 Å². The van der Waals surface area contributed by atoms with Crippen LogP contribution in [0.4, 0.5) is 0 Å². The third-order valence-corrected chi connectivity index (χ3v) is 3.32. The zero-order valence-electron chi connectivity index (χ0n) is 10.3. The molecule has 2 heterocycles. The van der Waals surface area contributed by atoms with E-state index < -0.39 is 0 Å². The summed E-state index contributed by atoms with van der Waals surface area (Å²) in [5, 5.41) is 3.33. The summed E-state index contributed by atoms with van der Waals surface area (Å²) in [5.74, 6) is 0.601. The molecule has 94 valence electrons. The summed E-state index contributed by atoms with van der Waals surface area (Å²) < 4.78 is 7.51. The van der Waals surface area contributed by atoms with E-state index in [0.717, 1.165) is 19.5 Å². The van der Waals surface area contributed by atoms with Crippen LogP contribution in [0.5, 0.6) is 0 Å². The smallest absolute Gasteiger partial charge is 0.250 e. The number of pyridine rings is 1. The zero-order chi connectivity index (χ0) is 12.1. The third kappa shape index (κ3) is 3.41. The van der Waals surface area contributed by atoms with Gasteiger partial charge in [-0.2, -0.15) is 0 Å². The van der Waals surface area contributed by atoms with Gasteiger partial charge in [-0.05, 0) is 24.9 Å². The first-order valence-electron chi connectivity index (χ1n) is 6.25. The Hall–Kier alpha value is -1.13. The molecule has 0 amide bonds. The summed E-state index contributed by atoms with van der Waals surface area (Å²) in [4.78, 5) is 11.5. The second kappa shape index (κ2) is 5.98. The van der Waals surface area contributed by atoms with E-state index in [-0.39, 0.29) is 11.7 Å². The molecule has 1 aliphatic rings. The van der Waals surface area contributed by atoms with Gasteiger partial charge in [-0.1, -0.05) is 13.0 Å². The van der Waals surface area contributed by atoms with E-state index in [1.165, 1.54) is 0 Å². The van der Waals surface area contributed by atoms with Crippen LogP contribution in [-0.2, 0) is 11.3 Å². The molecule has 0 radical (unpaired) electrons. The van der Waals surface area contributed by atoms with Crippen LogP contribution in [-0.4, -0.2) is 30.4 Å². The van der Waals surface area contributed by atoms with E-state index in [4.69, 9.17) is 4.74 Å². The molecule has 0 bridgehead atoms. The van der Waals surface area contributed by atoms with Crippen LogP contribution in [0.1, 0.15) is 13.3 Å². The predicted molar refractivity (Wildman–Crippen MR) is 67.1 cm³/mol. The Morgan fingerprint density at radius 3 is 3.18 bits per heavy atom. The summed E-state index contributed by atoms with van der Waals surface area (Å²) in [6, 6.07) is 5.20. The molecule has 2 atom stereocenters. The fourth-order valence-corrected chi connectivity index (χ4v) is 2.13. The molecule has 1 aromatic heterocycles. The van der Waals surface area contributed by atoms with Crippen LogP contribution < -0.4 is 10.9 Å². The number of hydrogen-bond acceptors (Lipinski definition) is 3. The Balaban J connectivity index is 1.79. The number of rotatable bonds is 4. The van der Waals surface area contributed by atoms with Crippen LogP contribution >= 0.6 is 0 Å². The number of aromatic nitrogens is 1. The maximum Gasteiger partial charge on any atom is 0.250 e. The highest BCUT2D eigenvalue weighted by Gasteiger charge is 2.21. The van der Waals surface area contributed by atoms with Gasteiger partial charge in [0.15, 0.2) is 0 Å². The normalized spacial score (nSPS) is 24.8.